The number of methoxy groups -OCH3 is 2. The molecule has 0 fully saturated rings. The van der Waals surface area contributed by atoms with Gasteiger partial charge in [0, 0.05) is 0 Å². The van der Waals surface area contributed by atoms with Crippen LogP contribution in [0.1, 0.15) is 34.1 Å². The van der Waals surface area contributed by atoms with Crippen LogP contribution in [0, 0.1) is 5.92 Å². The van der Waals surface area contributed by atoms with Crippen molar-refractivity contribution in [2.45, 2.75) is 16.4 Å². The summed E-state index contributed by atoms with van der Waals surface area (Å²) in [6.45, 7) is 0.189. The number of carbonyl (C=O) groups is 1. The molecule has 3 atom stereocenters. The van der Waals surface area contributed by atoms with E-state index in [0.29, 0.717) is 22.8 Å². The molecular formula is C26H24O6Po. The molecule has 6 nitrogen and oxygen atoms in total. The molecule has 5 rings (SSSR count). The Kier molecular flexibility index (Phi) is 5.93. The van der Waals surface area contributed by atoms with E-state index in [9.17, 15) is 9.90 Å². The molecule has 170 valence electrons. The van der Waals surface area contributed by atoms with E-state index in [-0.39, 0.29) is 30.3 Å². The molecule has 0 unspecified atom stereocenters. The van der Waals surface area contributed by atoms with Crippen LogP contribution >= 0.6 is 0 Å². The van der Waals surface area contributed by atoms with E-state index in [2.05, 4.69) is 22.8 Å². The summed E-state index contributed by atoms with van der Waals surface area (Å²) >= 11 is -0.670. The van der Waals surface area contributed by atoms with Gasteiger partial charge in [0.05, 0.1) is 0 Å². The molecule has 1 N–H and O–H groups in total. The van der Waals surface area contributed by atoms with Crippen LogP contribution in [0.2, 0.25) is 4.58 Å². The Morgan fingerprint density at radius 1 is 0.939 bits per heavy atom. The van der Waals surface area contributed by atoms with Crippen LogP contribution in [0.5, 0.6) is 23.0 Å². The summed E-state index contributed by atoms with van der Waals surface area (Å²) in [4.78, 5) is 13.3. The molecule has 1 aliphatic carbocycles. The predicted molar refractivity (Wildman–Crippen MR) is 124 cm³/mol. The molecule has 3 aromatic carbocycles. The van der Waals surface area contributed by atoms with Crippen molar-refractivity contribution in [3.8, 4) is 23.0 Å². The molecular weight excluding hydrogens is 617 g/mol. The van der Waals surface area contributed by atoms with Crippen molar-refractivity contribution < 1.29 is 28.8 Å². The van der Waals surface area contributed by atoms with Crippen LogP contribution < -0.4 is 17.4 Å². The maximum atomic E-state index is 13.3. The number of hydrogen-bond donors (Lipinski definition) is 1. The Hall–Kier alpha value is -2.77. The van der Waals surface area contributed by atoms with Gasteiger partial charge in [0.15, 0.2) is 0 Å². The van der Waals surface area contributed by atoms with Gasteiger partial charge < -0.3 is 0 Å². The topological polar surface area (TPSA) is 74.2 Å². The molecule has 2 aliphatic rings. The van der Waals surface area contributed by atoms with Crippen molar-refractivity contribution in [3.63, 3.8) is 0 Å². The van der Waals surface area contributed by atoms with Crippen molar-refractivity contribution in [2.75, 3.05) is 21.0 Å². The van der Waals surface area contributed by atoms with Gasteiger partial charge in [-0.2, -0.15) is 0 Å². The summed E-state index contributed by atoms with van der Waals surface area (Å²) in [5.41, 5.74) is 3.78. The number of phenolic OH excluding ortho intramolecular Hbond substituents is 1. The zero-order valence-electron chi connectivity index (χ0n) is 18.5. The van der Waals surface area contributed by atoms with E-state index < -0.39 is 29.5 Å². The molecule has 1 heterocycles. The van der Waals surface area contributed by atoms with Gasteiger partial charge in [0.25, 0.3) is 0 Å². The first-order chi connectivity index (χ1) is 16.0. The summed E-state index contributed by atoms with van der Waals surface area (Å²) in [6.07, 6.45) is 0. The van der Waals surface area contributed by atoms with Gasteiger partial charge in [-0.3, -0.25) is 0 Å². The van der Waals surface area contributed by atoms with Crippen molar-refractivity contribution in [2.24, 2.45) is 5.92 Å². The molecule has 0 radical (unpaired) electrons. The van der Waals surface area contributed by atoms with Crippen LogP contribution in [0.3, 0.4) is 0 Å². The Morgan fingerprint density at radius 3 is 2.45 bits per heavy atom. The van der Waals surface area contributed by atoms with Gasteiger partial charge in [-0.25, -0.2) is 0 Å². The second kappa shape index (κ2) is 8.87. The fourth-order valence-corrected chi connectivity index (χ4v) is 6.73. The molecule has 7 heteroatoms. The number of aromatic hydroxyl groups is 1. The van der Waals surface area contributed by atoms with Gasteiger partial charge in [0.1, 0.15) is 0 Å². The Labute approximate surface area is 204 Å². The number of ether oxygens (including phenoxy) is 4. The second-order valence-corrected chi connectivity index (χ2v) is 11.5. The summed E-state index contributed by atoms with van der Waals surface area (Å²) < 4.78 is 25.3. The summed E-state index contributed by atoms with van der Waals surface area (Å²) in [5, 5.41) is 10.9. The zero-order chi connectivity index (χ0) is 23.1. The minimum atomic E-state index is -0.670. The summed E-state index contributed by atoms with van der Waals surface area (Å²) in [7, 11) is 2.98. The Morgan fingerprint density at radius 2 is 1.73 bits per heavy atom. The fraction of sp³-hybridized carbons (Fsp3) is 0.269. The van der Waals surface area contributed by atoms with E-state index in [0.717, 1.165) is 16.7 Å². The van der Waals surface area contributed by atoms with E-state index in [1.807, 2.05) is 30.3 Å². The number of hydrogen-bond acceptors (Lipinski definition) is 6. The van der Waals surface area contributed by atoms with E-state index >= 15 is 0 Å². The third-order valence-electron chi connectivity index (χ3n) is 6.48. The molecule has 0 amide bonds. The van der Waals surface area contributed by atoms with Gasteiger partial charge in [-0.15, -0.1) is 0 Å². The molecule has 33 heavy (non-hydrogen) atoms. The molecule has 0 saturated carbocycles. The first-order valence-corrected chi connectivity index (χ1v) is 15.3. The van der Waals surface area contributed by atoms with Crippen LogP contribution in [-0.2, 0) is 9.53 Å². The van der Waals surface area contributed by atoms with Crippen LogP contribution in [-0.4, -0.2) is 55.7 Å². The summed E-state index contributed by atoms with van der Waals surface area (Å²) in [6, 6.07) is 17.6. The SMILES string of the molecule is COC(=O)[C@H]1[C@H](c2ccc(OC)cc2O)c2c[c]([Po][CH3])ccc2[C@@H]1c1ccc2c(c1)OCO2. The van der Waals surface area contributed by atoms with Gasteiger partial charge in [-0.05, 0) is 0 Å². The minimum absolute atomic E-state index is 0.104. The average Bonchev–Trinajstić information content (AvgIpc) is 3.44. The monoisotopic (exact) mass is 641 g/mol. The summed E-state index contributed by atoms with van der Waals surface area (Å²) in [5.74, 6) is 0.591. The molecule has 3 aromatic rings. The van der Waals surface area contributed by atoms with Gasteiger partial charge in [-0.1, -0.05) is 0 Å². The third-order valence-corrected chi connectivity index (χ3v) is 9.30. The van der Waals surface area contributed by atoms with E-state index in [4.69, 9.17) is 18.9 Å². The maximum absolute atomic E-state index is 13.3. The van der Waals surface area contributed by atoms with Crippen molar-refractivity contribution >= 4 is 32.8 Å². The van der Waals surface area contributed by atoms with E-state index in [1.165, 1.54) is 10.3 Å². The van der Waals surface area contributed by atoms with Gasteiger partial charge >= 0.3 is 205 Å². The Balaban J connectivity index is 1.72. The molecule has 0 spiro atoms. The quantitative estimate of drug-likeness (QED) is 0.430. The number of esters is 1. The number of carbonyl (C=O) groups excluding carboxylic acids is 1. The Bertz CT molecular complexity index is 1220. The number of benzene rings is 3. The molecule has 0 saturated heterocycles. The molecule has 0 aromatic heterocycles. The fourth-order valence-electron chi connectivity index (χ4n) is 4.99. The number of phenols is 1. The van der Waals surface area contributed by atoms with Crippen molar-refractivity contribution in [3.05, 3.63) is 76.9 Å². The van der Waals surface area contributed by atoms with Crippen LogP contribution in [0.4, 0.5) is 0 Å². The predicted octanol–water partition coefficient (Wildman–Crippen LogP) is 3.57. The first-order valence-electron chi connectivity index (χ1n) is 10.6. The van der Waals surface area contributed by atoms with Crippen LogP contribution in [0.15, 0.2) is 54.6 Å². The first kappa shape index (κ1) is 22.0. The zero-order valence-corrected chi connectivity index (χ0v) is 21.7. The number of rotatable bonds is 5. The van der Waals surface area contributed by atoms with Gasteiger partial charge in [0.2, 0.25) is 0 Å². The number of fused-ring (bicyclic) bond motifs is 2. The molecule has 0 bridgehead atoms. The van der Waals surface area contributed by atoms with Crippen molar-refractivity contribution in [1.29, 1.82) is 0 Å². The van der Waals surface area contributed by atoms with Crippen molar-refractivity contribution in [1.82, 2.24) is 0 Å². The standard InChI is InChI=1S/C25H21O6.CH3.Po/c1-28-15-8-9-18(19(26)12-15)23-17-6-4-3-5-16(17)22(24(23)25(27)29-2)14-7-10-20-21(11-14)31-13-30-20;;/h3,5-12,22-24,26H,13H2,1-2H3;1H3;/t22-,23-,24+;;/m0../s1. The van der Waals surface area contributed by atoms with Crippen LogP contribution in [0.25, 0.3) is 0 Å². The van der Waals surface area contributed by atoms with E-state index in [1.54, 1.807) is 13.2 Å². The molecule has 1 aliphatic heterocycles. The third kappa shape index (κ3) is 3.73. The second-order valence-electron chi connectivity index (χ2n) is 8.04. The average molecular weight is 641 g/mol. The normalized spacial score (nSPS) is 20.4.